The molecular formula is C28H43N3O6. The third-order valence-electron chi connectivity index (χ3n) is 6.40. The summed E-state index contributed by atoms with van der Waals surface area (Å²) >= 11 is 0. The minimum atomic E-state index is -1.75. The number of nitrogen functional groups attached to an aromatic ring is 1. The molecule has 0 bridgehead atoms. The molecule has 1 aliphatic heterocycles. The van der Waals surface area contributed by atoms with Gasteiger partial charge in [0.2, 0.25) is 5.91 Å². The van der Waals surface area contributed by atoms with Crippen molar-refractivity contribution in [2.45, 2.75) is 104 Å². The van der Waals surface area contributed by atoms with Crippen LogP contribution in [-0.4, -0.2) is 58.4 Å². The molecule has 9 heteroatoms. The molecule has 0 aliphatic carbocycles. The molecule has 206 valence electrons. The van der Waals surface area contributed by atoms with Gasteiger partial charge in [0, 0.05) is 23.7 Å². The van der Waals surface area contributed by atoms with E-state index >= 15 is 0 Å². The highest BCUT2D eigenvalue weighted by Crippen LogP contribution is 2.38. The Bertz CT molecular complexity index is 1030. The normalized spacial score (nSPS) is 19.5. The number of nitrogens with one attached hydrogen (secondary N) is 1. The molecule has 3 N–H and O–H groups in total. The van der Waals surface area contributed by atoms with Crippen LogP contribution in [0.25, 0.3) is 0 Å². The molecule has 1 aliphatic rings. The van der Waals surface area contributed by atoms with Gasteiger partial charge in [-0.05, 0) is 74.3 Å². The smallest absolute Gasteiger partial charge is 0.332 e. The SMILES string of the molecule is CC(=O)C(C)C(N[C@@H](C)C(=O)N1CCC[C@H]1C(=O)OC(C)(C)C)(C(=O)OC(C)(C)C)c1ccccc1N. The second kappa shape index (κ2) is 11.2. The zero-order valence-corrected chi connectivity index (χ0v) is 23.6. The molecule has 4 atom stereocenters. The summed E-state index contributed by atoms with van der Waals surface area (Å²) in [6, 6.07) is 5.04. The van der Waals surface area contributed by atoms with Crippen molar-refractivity contribution in [1.29, 1.82) is 0 Å². The minimum Gasteiger partial charge on any atom is -0.458 e. The van der Waals surface area contributed by atoms with Gasteiger partial charge in [-0.2, -0.15) is 0 Å². The molecule has 37 heavy (non-hydrogen) atoms. The van der Waals surface area contributed by atoms with Crippen LogP contribution in [0.2, 0.25) is 0 Å². The largest absolute Gasteiger partial charge is 0.458 e. The van der Waals surface area contributed by atoms with Gasteiger partial charge < -0.3 is 20.1 Å². The number of ether oxygens (including phenoxy) is 2. The summed E-state index contributed by atoms with van der Waals surface area (Å²) < 4.78 is 11.3. The number of anilines is 1. The molecule has 1 aromatic rings. The number of nitrogens with two attached hydrogens (primary N) is 1. The van der Waals surface area contributed by atoms with Crippen LogP contribution in [0.5, 0.6) is 0 Å². The topological polar surface area (TPSA) is 128 Å². The van der Waals surface area contributed by atoms with Crippen LogP contribution >= 0.6 is 0 Å². The van der Waals surface area contributed by atoms with E-state index < -0.39 is 46.7 Å². The monoisotopic (exact) mass is 517 g/mol. The van der Waals surface area contributed by atoms with Gasteiger partial charge in [-0.15, -0.1) is 0 Å². The van der Waals surface area contributed by atoms with Gasteiger partial charge in [0.05, 0.1) is 6.04 Å². The maximum absolute atomic E-state index is 13.9. The zero-order chi connectivity index (χ0) is 28.3. The van der Waals surface area contributed by atoms with E-state index in [0.717, 1.165) is 0 Å². The van der Waals surface area contributed by atoms with Gasteiger partial charge in [-0.1, -0.05) is 25.1 Å². The number of benzene rings is 1. The molecule has 1 aromatic carbocycles. The maximum Gasteiger partial charge on any atom is 0.332 e. The fourth-order valence-electron chi connectivity index (χ4n) is 4.60. The van der Waals surface area contributed by atoms with E-state index in [1.165, 1.54) is 11.8 Å². The van der Waals surface area contributed by atoms with Gasteiger partial charge in [-0.3, -0.25) is 14.9 Å². The summed E-state index contributed by atoms with van der Waals surface area (Å²) in [5.41, 5.74) is 3.64. The number of hydrogen-bond acceptors (Lipinski definition) is 8. The lowest BCUT2D eigenvalue weighted by Gasteiger charge is -2.42. The van der Waals surface area contributed by atoms with Crippen molar-refractivity contribution in [3.8, 4) is 0 Å². The first kappa shape index (κ1) is 30.3. The second-order valence-electron chi connectivity index (χ2n) is 11.8. The number of rotatable bonds is 8. The van der Waals surface area contributed by atoms with Crippen LogP contribution in [0.4, 0.5) is 5.69 Å². The third-order valence-corrected chi connectivity index (χ3v) is 6.40. The minimum absolute atomic E-state index is 0.279. The zero-order valence-electron chi connectivity index (χ0n) is 23.6. The second-order valence-corrected chi connectivity index (χ2v) is 11.8. The molecule has 2 rings (SSSR count). The molecule has 1 amide bonds. The molecule has 9 nitrogen and oxygen atoms in total. The first-order valence-electron chi connectivity index (χ1n) is 12.8. The number of hydrogen-bond donors (Lipinski definition) is 2. The lowest BCUT2D eigenvalue weighted by atomic mass is 9.75. The Kier molecular flexibility index (Phi) is 9.17. The van der Waals surface area contributed by atoms with Gasteiger partial charge >= 0.3 is 11.9 Å². The fraction of sp³-hybridized carbons (Fsp3) is 0.643. The Morgan fingerprint density at radius 1 is 1.00 bits per heavy atom. The van der Waals surface area contributed by atoms with Gasteiger partial charge in [0.15, 0.2) is 5.54 Å². The summed E-state index contributed by atoms with van der Waals surface area (Å²) in [4.78, 5) is 54.7. The van der Waals surface area contributed by atoms with Gasteiger partial charge in [0.1, 0.15) is 23.0 Å². The number of ketones is 1. The van der Waals surface area contributed by atoms with Gasteiger partial charge in [-0.25, -0.2) is 9.59 Å². The molecule has 0 spiro atoms. The predicted molar refractivity (Wildman–Crippen MR) is 141 cm³/mol. The maximum atomic E-state index is 13.9. The first-order chi connectivity index (χ1) is 16.9. The highest BCUT2D eigenvalue weighted by molar-refractivity contribution is 5.95. The van der Waals surface area contributed by atoms with Crippen LogP contribution in [0.3, 0.4) is 0 Å². The van der Waals surface area contributed by atoms with Gasteiger partial charge in [0.25, 0.3) is 0 Å². The van der Waals surface area contributed by atoms with Crippen molar-refractivity contribution in [3.63, 3.8) is 0 Å². The summed E-state index contributed by atoms with van der Waals surface area (Å²) in [5.74, 6) is -2.78. The Labute approximate surface area is 220 Å². The number of Topliss-reactive ketones (excluding diaryl/α,β-unsaturated/α-hetero) is 1. The quantitative estimate of drug-likeness (QED) is 0.397. The number of carbonyl (C=O) groups is 4. The van der Waals surface area contributed by atoms with E-state index in [-0.39, 0.29) is 17.4 Å². The van der Waals surface area contributed by atoms with Crippen molar-refractivity contribution >= 4 is 29.3 Å². The van der Waals surface area contributed by atoms with Crippen molar-refractivity contribution in [1.82, 2.24) is 10.2 Å². The van der Waals surface area contributed by atoms with E-state index in [4.69, 9.17) is 15.2 Å². The molecular weight excluding hydrogens is 474 g/mol. The summed E-state index contributed by atoms with van der Waals surface area (Å²) in [6.45, 7) is 15.5. The number of carbonyl (C=O) groups excluding carboxylic acids is 4. The fourth-order valence-corrected chi connectivity index (χ4v) is 4.60. The van der Waals surface area contributed by atoms with Crippen LogP contribution in [0.1, 0.15) is 80.7 Å². The molecule has 0 saturated carbocycles. The third kappa shape index (κ3) is 7.09. The summed E-state index contributed by atoms with van der Waals surface area (Å²) in [6.07, 6.45) is 1.13. The van der Waals surface area contributed by atoms with E-state index in [2.05, 4.69) is 5.32 Å². The summed E-state index contributed by atoms with van der Waals surface area (Å²) in [5, 5.41) is 3.16. The Hall–Kier alpha value is -2.94. The summed E-state index contributed by atoms with van der Waals surface area (Å²) in [7, 11) is 0. The Balaban J connectivity index is 2.54. The molecule has 0 aromatic heterocycles. The Morgan fingerprint density at radius 3 is 2.08 bits per heavy atom. The number of para-hydroxylation sites is 1. The van der Waals surface area contributed by atoms with Crippen LogP contribution in [0, 0.1) is 5.92 Å². The molecule has 2 unspecified atom stereocenters. The number of likely N-dealkylation sites (tertiary alicyclic amines) is 1. The van der Waals surface area contributed by atoms with E-state index in [9.17, 15) is 19.2 Å². The predicted octanol–water partition coefficient (Wildman–Crippen LogP) is 3.34. The van der Waals surface area contributed by atoms with E-state index in [1.807, 2.05) is 0 Å². The van der Waals surface area contributed by atoms with Crippen molar-refractivity contribution in [2.75, 3.05) is 12.3 Å². The molecule has 1 heterocycles. The highest BCUT2D eigenvalue weighted by Gasteiger charge is 2.52. The van der Waals surface area contributed by atoms with E-state index in [1.54, 1.807) is 79.7 Å². The Morgan fingerprint density at radius 2 is 1.57 bits per heavy atom. The van der Waals surface area contributed by atoms with Crippen molar-refractivity contribution in [3.05, 3.63) is 29.8 Å². The number of amides is 1. The number of nitrogens with zero attached hydrogens (tertiary/aromatic N) is 1. The highest BCUT2D eigenvalue weighted by atomic mass is 16.6. The lowest BCUT2D eigenvalue weighted by Crippen LogP contribution is -2.63. The van der Waals surface area contributed by atoms with Crippen molar-refractivity contribution in [2.24, 2.45) is 5.92 Å². The molecule has 0 radical (unpaired) electrons. The number of esters is 2. The van der Waals surface area contributed by atoms with E-state index in [0.29, 0.717) is 24.9 Å². The van der Waals surface area contributed by atoms with Crippen molar-refractivity contribution < 1.29 is 28.7 Å². The van der Waals surface area contributed by atoms with Crippen LogP contribution < -0.4 is 11.1 Å². The standard InChI is InChI=1S/C28H43N3O6/c1-17(19(3)32)28(25(35)37-27(7,8)9,20-13-10-11-14-21(20)29)30-18(2)23(33)31-16-12-15-22(31)24(34)36-26(4,5)6/h10-11,13-14,17-18,22,30H,12,15-16,29H2,1-9H3/t17?,18-,22-,28?/m0/s1. The average Bonchev–Trinajstić information content (AvgIpc) is 3.24. The molecule has 1 saturated heterocycles. The lowest BCUT2D eigenvalue weighted by molar-refractivity contribution is -0.170. The average molecular weight is 518 g/mol. The first-order valence-corrected chi connectivity index (χ1v) is 12.8. The molecule has 1 fully saturated rings. The van der Waals surface area contributed by atoms with Crippen LogP contribution in [0.15, 0.2) is 24.3 Å². The van der Waals surface area contributed by atoms with Crippen LogP contribution in [-0.2, 0) is 34.2 Å².